The van der Waals surface area contributed by atoms with Crippen molar-refractivity contribution in [3.05, 3.63) is 68.9 Å². The highest BCUT2D eigenvalue weighted by molar-refractivity contribution is 7.14. The maximum Gasteiger partial charge on any atom is 0.268 e. The predicted molar refractivity (Wildman–Crippen MR) is 123 cm³/mol. The Morgan fingerprint density at radius 3 is 2.26 bits per heavy atom. The molecule has 8 heteroatoms. The van der Waals surface area contributed by atoms with E-state index in [-0.39, 0.29) is 5.91 Å². The molecule has 0 aliphatic carbocycles. The number of amides is 1. The monoisotopic (exact) mass is 461 g/mol. The molecule has 0 radical (unpaired) electrons. The number of methoxy groups -OCH3 is 3. The lowest BCUT2D eigenvalue weighted by molar-refractivity contribution is 0.0992. The average Bonchev–Trinajstić information content (AvgIpc) is 3.29. The molecule has 0 saturated carbocycles. The Labute approximate surface area is 190 Å². The second-order valence-corrected chi connectivity index (χ2v) is 8.08. The minimum Gasteiger partial charge on any atom is -0.493 e. The van der Waals surface area contributed by atoms with Gasteiger partial charge < -0.3 is 24.2 Å². The molecular formula is C23H24ClNO5S. The summed E-state index contributed by atoms with van der Waals surface area (Å²) >= 11 is 7.44. The van der Waals surface area contributed by atoms with Crippen molar-refractivity contribution < 1.29 is 24.1 Å². The molecule has 31 heavy (non-hydrogen) atoms. The van der Waals surface area contributed by atoms with E-state index in [1.807, 2.05) is 13.0 Å². The first-order valence-corrected chi connectivity index (χ1v) is 10.8. The Bertz CT molecular complexity index is 1040. The van der Waals surface area contributed by atoms with Crippen LogP contribution in [-0.4, -0.2) is 38.9 Å². The summed E-state index contributed by atoms with van der Waals surface area (Å²) in [6, 6.07) is 14.0. The summed E-state index contributed by atoms with van der Waals surface area (Å²) < 4.78 is 16.2. The second kappa shape index (κ2) is 10.0. The highest BCUT2D eigenvalue weighted by atomic mass is 35.5. The van der Waals surface area contributed by atoms with Gasteiger partial charge in [-0.05, 0) is 25.1 Å². The summed E-state index contributed by atoms with van der Waals surface area (Å²) in [5, 5.41) is 11.2. The fourth-order valence-electron chi connectivity index (χ4n) is 3.26. The van der Waals surface area contributed by atoms with Crippen LogP contribution in [0, 0.1) is 0 Å². The van der Waals surface area contributed by atoms with Crippen LogP contribution >= 0.6 is 22.9 Å². The van der Waals surface area contributed by atoms with Crippen LogP contribution in [0.1, 0.15) is 33.1 Å². The molecule has 0 fully saturated rings. The lowest BCUT2D eigenvalue weighted by Crippen LogP contribution is -2.30. The fraction of sp³-hybridized carbons (Fsp3) is 0.261. The number of anilines is 1. The summed E-state index contributed by atoms with van der Waals surface area (Å²) in [4.78, 5) is 16.0. The molecule has 1 atom stereocenters. The first-order chi connectivity index (χ1) is 14.9. The van der Waals surface area contributed by atoms with Crippen molar-refractivity contribution in [2.75, 3.05) is 32.8 Å². The third-order valence-electron chi connectivity index (χ3n) is 4.83. The fourth-order valence-corrected chi connectivity index (χ4v) is 4.47. The molecule has 0 bridgehead atoms. The van der Waals surface area contributed by atoms with Crippen molar-refractivity contribution in [3.8, 4) is 17.2 Å². The number of carbonyl (C=O) groups excluding carboxylic acids is 1. The van der Waals surface area contributed by atoms with Crippen LogP contribution < -0.4 is 19.1 Å². The van der Waals surface area contributed by atoms with Crippen LogP contribution in [0.15, 0.2) is 48.5 Å². The van der Waals surface area contributed by atoms with Gasteiger partial charge in [0.15, 0.2) is 11.5 Å². The van der Waals surface area contributed by atoms with Gasteiger partial charge in [0.1, 0.15) is 6.10 Å². The standard InChI is InChI=1S/C23H24ClNO5S/c1-5-25(14-12-17(28-2)22(30-4)18(13-14)29-3)23(27)20-11-10-19(31-20)21(26)15-8-6-7-9-16(15)24/h6-13,21,26H,5H2,1-4H3. The number of rotatable bonds is 8. The quantitative estimate of drug-likeness (QED) is 0.501. The molecule has 1 aromatic heterocycles. The van der Waals surface area contributed by atoms with Gasteiger partial charge in [-0.15, -0.1) is 11.3 Å². The van der Waals surface area contributed by atoms with Crippen LogP contribution in [0.4, 0.5) is 5.69 Å². The van der Waals surface area contributed by atoms with E-state index in [0.717, 1.165) is 0 Å². The molecule has 1 amide bonds. The number of hydrogen-bond donors (Lipinski definition) is 1. The van der Waals surface area contributed by atoms with Crippen molar-refractivity contribution in [3.63, 3.8) is 0 Å². The molecule has 6 nitrogen and oxygen atoms in total. The Kier molecular flexibility index (Phi) is 7.43. The number of hydrogen-bond acceptors (Lipinski definition) is 6. The minimum atomic E-state index is -0.906. The van der Waals surface area contributed by atoms with Crippen LogP contribution in [-0.2, 0) is 0 Å². The largest absolute Gasteiger partial charge is 0.493 e. The van der Waals surface area contributed by atoms with Crippen molar-refractivity contribution in [1.82, 2.24) is 0 Å². The topological polar surface area (TPSA) is 68.2 Å². The zero-order valence-corrected chi connectivity index (χ0v) is 19.3. The number of thiophene rings is 1. The molecule has 3 rings (SSSR count). The van der Waals surface area contributed by atoms with E-state index < -0.39 is 6.10 Å². The van der Waals surface area contributed by atoms with Crippen molar-refractivity contribution in [1.29, 1.82) is 0 Å². The molecule has 1 N–H and O–H groups in total. The third kappa shape index (κ3) is 4.63. The first-order valence-electron chi connectivity index (χ1n) is 9.59. The van der Waals surface area contributed by atoms with Crippen molar-refractivity contribution in [2.45, 2.75) is 13.0 Å². The van der Waals surface area contributed by atoms with Gasteiger partial charge in [0.2, 0.25) is 5.75 Å². The molecule has 0 aliphatic rings. The highest BCUT2D eigenvalue weighted by Crippen LogP contribution is 2.41. The Balaban J connectivity index is 1.93. The molecule has 1 heterocycles. The molecule has 0 aliphatic heterocycles. The Morgan fingerprint density at radius 2 is 1.71 bits per heavy atom. The average molecular weight is 462 g/mol. The van der Waals surface area contributed by atoms with E-state index in [9.17, 15) is 9.90 Å². The highest BCUT2D eigenvalue weighted by Gasteiger charge is 2.24. The Hall–Kier alpha value is -2.74. The molecule has 0 spiro atoms. The van der Waals surface area contributed by atoms with Gasteiger partial charge in [-0.3, -0.25) is 4.79 Å². The smallest absolute Gasteiger partial charge is 0.268 e. The molecule has 0 saturated heterocycles. The SMILES string of the molecule is CCN(C(=O)c1ccc(C(O)c2ccccc2Cl)s1)c1cc(OC)c(OC)c(OC)c1. The zero-order chi connectivity index (χ0) is 22.5. The molecule has 164 valence electrons. The number of halogens is 1. The number of benzene rings is 2. The Morgan fingerprint density at radius 1 is 1.06 bits per heavy atom. The van der Waals surface area contributed by atoms with Crippen LogP contribution in [0.2, 0.25) is 5.02 Å². The zero-order valence-electron chi connectivity index (χ0n) is 17.7. The molecular weight excluding hydrogens is 438 g/mol. The van der Waals surface area contributed by atoms with Gasteiger partial charge in [-0.1, -0.05) is 29.8 Å². The molecule has 3 aromatic rings. The van der Waals surface area contributed by atoms with E-state index in [1.165, 1.54) is 32.7 Å². The van der Waals surface area contributed by atoms with E-state index in [1.54, 1.807) is 47.4 Å². The maximum absolute atomic E-state index is 13.3. The summed E-state index contributed by atoms with van der Waals surface area (Å²) in [5.41, 5.74) is 1.21. The third-order valence-corrected chi connectivity index (χ3v) is 6.30. The number of aliphatic hydroxyl groups is 1. The number of aliphatic hydroxyl groups excluding tert-OH is 1. The summed E-state index contributed by atoms with van der Waals surface area (Å²) in [6.45, 7) is 2.31. The molecule has 1 unspecified atom stereocenters. The summed E-state index contributed by atoms with van der Waals surface area (Å²) in [6.07, 6.45) is -0.906. The first kappa shape index (κ1) is 22.9. The van der Waals surface area contributed by atoms with E-state index in [4.69, 9.17) is 25.8 Å². The van der Waals surface area contributed by atoms with Gasteiger partial charge in [0, 0.05) is 34.1 Å². The van der Waals surface area contributed by atoms with E-state index >= 15 is 0 Å². The van der Waals surface area contributed by atoms with Gasteiger partial charge in [0.25, 0.3) is 5.91 Å². The second-order valence-electron chi connectivity index (χ2n) is 6.56. The van der Waals surface area contributed by atoms with Crippen LogP contribution in [0.25, 0.3) is 0 Å². The van der Waals surface area contributed by atoms with Gasteiger partial charge in [-0.25, -0.2) is 0 Å². The minimum absolute atomic E-state index is 0.195. The number of carbonyl (C=O) groups is 1. The normalized spacial score (nSPS) is 11.7. The van der Waals surface area contributed by atoms with Crippen molar-refractivity contribution >= 4 is 34.5 Å². The number of ether oxygens (including phenoxy) is 3. The van der Waals surface area contributed by atoms with Crippen molar-refractivity contribution in [2.24, 2.45) is 0 Å². The van der Waals surface area contributed by atoms with E-state index in [2.05, 4.69) is 0 Å². The van der Waals surface area contributed by atoms with Gasteiger partial charge in [-0.2, -0.15) is 0 Å². The van der Waals surface area contributed by atoms with Crippen LogP contribution in [0.3, 0.4) is 0 Å². The van der Waals surface area contributed by atoms with E-state index in [0.29, 0.717) is 49.8 Å². The van der Waals surface area contributed by atoms with Gasteiger partial charge >= 0.3 is 0 Å². The number of nitrogens with zero attached hydrogens (tertiary/aromatic N) is 1. The summed E-state index contributed by atoms with van der Waals surface area (Å²) in [7, 11) is 4.59. The van der Waals surface area contributed by atoms with Crippen LogP contribution in [0.5, 0.6) is 17.2 Å². The van der Waals surface area contributed by atoms with Gasteiger partial charge in [0.05, 0.1) is 31.9 Å². The lowest BCUT2D eigenvalue weighted by atomic mass is 10.1. The maximum atomic E-state index is 13.3. The molecule has 2 aromatic carbocycles. The predicted octanol–water partition coefficient (Wildman–Crippen LogP) is 5.18. The lowest BCUT2D eigenvalue weighted by Gasteiger charge is -2.23. The summed E-state index contributed by atoms with van der Waals surface area (Å²) in [5.74, 6) is 1.19.